The van der Waals surface area contributed by atoms with E-state index in [4.69, 9.17) is 21.1 Å². The number of ether oxygens (including phenoxy) is 2. The van der Waals surface area contributed by atoms with E-state index in [0.29, 0.717) is 31.1 Å². The van der Waals surface area contributed by atoms with Gasteiger partial charge in [-0.15, -0.1) is 0 Å². The topological polar surface area (TPSA) is 64.6 Å². The second-order valence-corrected chi connectivity index (χ2v) is 7.28. The highest BCUT2D eigenvalue weighted by Crippen LogP contribution is 2.29. The van der Waals surface area contributed by atoms with E-state index in [9.17, 15) is 9.59 Å². The first-order valence-electron chi connectivity index (χ1n) is 9.46. The molecule has 0 spiro atoms. The fourth-order valence-electron chi connectivity index (χ4n) is 3.30. The summed E-state index contributed by atoms with van der Waals surface area (Å²) in [6, 6.07) is 15.1. The second-order valence-electron chi connectivity index (χ2n) is 6.85. The Morgan fingerprint density at radius 3 is 2.79 bits per heavy atom. The van der Waals surface area contributed by atoms with Crippen LogP contribution < -0.4 is 10.1 Å². The molecule has 0 bridgehead atoms. The molecular formula is C22H24ClNO4. The van der Waals surface area contributed by atoms with Crippen molar-refractivity contribution >= 4 is 23.5 Å². The quantitative estimate of drug-likeness (QED) is 0.722. The van der Waals surface area contributed by atoms with Crippen molar-refractivity contribution in [3.8, 4) is 5.75 Å². The van der Waals surface area contributed by atoms with E-state index in [1.807, 2.05) is 42.5 Å². The van der Waals surface area contributed by atoms with Gasteiger partial charge >= 0.3 is 5.97 Å². The van der Waals surface area contributed by atoms with Crippen molar-refractivity contribution in [2.75, 3.05) is 19.8 Å². The Labute approximate surface area is 170 Å². The standard InChI is InChI=1S/C22H24ClNO4/c1-2-27-22(26)17(10-15-6-4-3-5-7-15)13-24-21(25)18-11-16-12-19(23)8-9-20(16)28-14-18/h3-9,12,17-18H,2,10-11,13-14H2,1H3,(H,24,25). The average molecular weight is 402 g/mol. The molecule has 1 aliphatic rings. The first-order valence-corrected chi connectivity index (χ1v) is 9.84. The van der Waals surface area contributed by atoms with Crippen molar-refractivity contribution in [2.45, 2.75) is 19.8 Å². The number of amides is 1. The molecule has 5 nitrogen and oxygen atoms in total. The van der Waals surface area contributed by atoms with Crippen LogP contribution in [0.5, 0.6) is 5.75 Å². The van der Waals surface area contributed by atoms with E-state index < -0.39 is 5.92 Å². The Bertz CT molecular complexity index is 825. The number of carbonyl (C=O) groups is 2. The normalized spacial score (nSPS) is 16.4. The summed E-state index contributed by atoms with van der Waals surface area (Å²) >= 11 is 6.04. The third-order valence-corrected chi connectivity index (χ3v) is 5.00. The molecular weight excluding hydrogens is 378 g/mol. The van der Waals surface area contributed by atoms with Gasteiger partial charge in [0.25, 0.3) is 0 Å². The number of halogens is 1. The summed E-state index contributed by atoms with van der Waals surface area (Å²) in [6.45, 7) is 2.62. The lowest BCUT2D eigenvalue weighted by Crippen LogP contribution is -2.41. The number of benzene rings is 2. The maximum atomic E-state index is 12.7. The van der Waals surface area contributed by atoms with Gasteiger partial charge in [0.15, 0.2) is 0 Å². The minimum Gasteiger partial charge on any atom is -0.492 e. The van der Waals surface area contributed by atoms with Crippen molar-refractivity contribution in [2.24, 2.45) is 11.8 Å². The Hall–Kier alpha value is -2.53. The van der Waals surface area contributed by atoms with Crippen LogP contribution in [0.1, 0.15) is 18.1 Å². The van der Waals surface area contributed by atoms with Crippen LogP contribution in [-0.2, 0) is 27.2 Å². The first-order chi connectivity index (χ1) is 13.6. The molecule has 0 radical (unpaired) electrons. The van der Waals surface area contributed by atoms with Crippen LogP contribution in [0.15, 0.2) is 48.5 Å². The van der Waals surface area contributed by atoms with Crippen LogP contribution in [0.25, 0.3) is 0 Å². The lowest BCUT2D eigenvalue weighted by Gasteiger charge is -2.25. The van der Waals surface area contributed by atoms with Gasteiger partial charge in [0.2, 0.25) is 5.91 Å². The number of rotatable bonds is 7. The van der Waals surface area contributed by atoms with E-state index >= 15 is 0 Å². The molecule has 0 aromatic heterocycles. The molecule has 0 saturated heterocycles. The lowest BCUT2D eigenvalue weighted by molar-refractivity contribution is -0.148. The van der Waals surface area contributed by atoms with Gasteiger partial charge in [-0.05, 0) is 49.1 Å². The largest absolute Gasteiger partial charge is 0.492 e. The summed E-state index contributed by atoms with van der Waals surface area (Å²) < 4.78 is 10.9. The highest BCUT2D eigenvalue weighted by atomic mass is 35.5. The molecule has 28 heavy (non-hydrogen) atoms. The highest BCUT2D eigenvalue weighted by Gasteiger charge is 2.28. The second kappa shape index (κ2) is 9.60. The zero-order chi connectivity index (χ0) is 19.9. The number of esters is 1. The minimum absolute atomic E-state index is 0.131. The molecule has 1 heterocycles. The molecule has 1 N–H and O–H groups in total. The van der Waals surface area contributed by atoms with Gasteiger partial charge in [-0.2, -0.15) is 0 Å². The predicted molar refractivity (Wildman–Crippen MR) is 107 cm³/mol. The van der Waals surface area contributed by atoms with Crippen LogP contribution in [0.4, 0.5) is 0 Å². The molecule has 1 aliphatic heterocycles. The Balaban J connectivity index is 1.60. The smallest absolute Gasteiger partial charge is 0.311 e. The number of fused-ring (bicyclic) bond motifs is 1. The Morgan fingerprint density at radius 2 is 2.04 bits per heavy atom. The van der Waals surface area contributed by atoms with Gasteiger partial charge in [-0.1, -0.05) is 41.9 Å². The minimum atomic E-state index is -0.433. The average Bonchev–Trinajstić information content (AvgIpc) is 2.71. The third kappa shape index (κ3) is 5.26. The first kappa shape index (κ1) is 20.2. The number of hydrogen-bond acceptors (Lipinski definition) is 4. The summed E-state index contributed by atoms with van der Waals surface area (Å²) in [4.78, 5) is 25.0. The van der Waals surface area contributed by atoms with Crippen molar-refractivity contribution in [1.82, 2.24) is 5.32 Å². The zero-order valence-electron chi connectivity index (χ0n) is 15.8. The van der Waals surface area contributed by atoms with Crippen LogP contribution in [-0.4, -0.2) is 31.6 Å². The Morgan fingerprint density at radius 1 is 1.25 bits per heavy atom. The van der Waals surface area contributed by atoms with Crippen molar-refractivity contribution < 1.29 is 19.1 Å². The maximum Gasteiger partial charge on any atom is 0.311 e. The van der Waals surface area contributed by atoms with E-state index in [1.54, 1.807) is 13.0 Å². The van der Waals surface area contributed by atoms with Crippen molar-refractivity contribution in [3.63, 3.8) is 0 Å². The SMILES string of the molecule is CCOC(=O)C(CNC(=O)C1COc2ccc(Cl)cc2C1)Cc1ccccc1. The maximum absolute atomic E-state index is 12.7. The van der Waals surface area contributed by atoms with E-state index in [2.05, 4.69) is 5.32 Å². The molecule has 6 heteroatoms. The van der Waals surface area contributed by atoms with Gasteiger partial charge in [0.05, 0.1) is 18.4 Å². The van der Waals surface area contributed by atoms with E-state index in [0.717, 1.165) is 16.9 Å². The van der Waals surface area contributed by atoms with Crippen LogP contribution in [0, 0.1) is 11.8 Å². The molecule has 0 aliphatic carbocycles. The summed E-state index contributed by atoms with van der Waals surface area (Å²) in [7, 11) is 0. The molecule has 3 rings (SSSR count). The molecule has 0 saturated carbocycles. The highest BCUT2D eigenvalue weighted by molar-refractivity contribution is 6.30. The molecule has 2 aromatic carbocycles. The van der Waals surface area contributed by atoms with Gasteiger partial charge in [-0.3, -0.25) is 9.59 Å². The fraction of sp³-hybridized carbons (Fsp3) is 0.364. The lowest BCUT2D eigenvalue weighted by atomic mass is 9.95. The van der Waals surface area contributed by atoms with Crippen LogP contribution in [0.3, 0.4) is 0 Å². The fourth-order valence-corrected chi connectivity index (χ4v) is 3.49. The van der Waals surface area contributed by atoms with Gasteiger partial charge in [0, 0.05) is 11.6 Å². The Kier molecular flexibility index (Phi) is 6.93. The molecule has 2 unspecified atom stereocenters. The van der Waals surface area contributed by atoms with Gasteiger partial charge in [0.1, 0.15) is 12.4 Å². The molecule has 2 atom stereocenters. The summed E-state index contributed by atoms with van der Waals surface area (Å²) in [6.07, 6.45) is 1.07. The van der Waals surface area contributed by atoms with Gasteiger partial charge in [-0.25, -0.2) is 0 Å². The molecule has 2 aromatic rings. The molecule has 148 valence electrons. The van der Waals surface area contributed by atoms with Crippen LogP contribution in [0.2, 0.25) is 5.02 Å². The number of carbonyl (C=O) groups excluding carboxylic acids is 2. The number of nitrogens with one attached hydrogen (secondary N) is 1. The van der Waals surface area contributed by atoms with Crippen molar-refractivity contribution in [3.05, 3.63) is 64.7 Å². The van der Waals surface area contributed by atoms with Crippen molar-refractivity contribution in [1.29, 1.82) is 0 Å². The summed E-state index contributed by atoms with van der Waals surface area (Å²) in [5, 5.41) is 3.52. The zero-order valence-corrected chi connectivity index (χ0v) is 16.6. The van der Waals surface area contributed by atoms with Gasteiger partial charge < -0.3 is 14.8 Å². The summed E-state index contributed by atoms with van der Waals surface area (Å²) in [5.74, 6) is -0.415. The van der Waals surface area contributed by atoms with Crippen LogP contribution >= 0.6 is 11.6 Å². The monoisotopic (exact) mass is 401 g/mol. The summed E-state index contributed by atoms with van der Waals surface area (Å²) in [5.41, 5.74) is 1.95. The van der Waals surface area contributed by atoms with E-state index in [-0.39, 0.29) is 24.3 Å². The van der Waals surface area contributed by atoms with E-state index in [1.165, 1.54) is 0 Å². The predicted octanol–water partition coefficient (Wildman–Crippen LogP) is 3.43. The molecule has 0 fully saturated rings. The third-order valence-electron chi connectivity index (χ3n) is 4.77. The molecule has 1 amide bonds. The number of hydrogen-bond donors (Lipinski definition) is 1.